The molecule has 1 fully saturated rings. The van der Waals surface area contributed by atoms with Gasteiger partial charge in [0.1, 0.15) is 5.75 Å². The third kappa shape index (κ3) is 5.89. The van der Waals surface area contributed by atoms with Crippen molar-refractivity contribution >= 4 is 17.4 Å². The van der Waals surface area contributed by atoms with Gasteiger partial charge < -0.3 is 20.3 Å². The lowest BCUT2D eigenvalue weighted by molar-refractivity contribution is 0.240. The molecule has 6 nitrogen and oxygen atoms in total. The van der Waals surface area contributed by atoms with Gasteiger partial charge in [-0.15, -0.1) is 0 Å². The molecule has 0 aromatic heterocycles. The second kappa shape index (κ2) is 9.83. The zero-order chi connectivity index (χ0) is 18.9. The first-order valence-corrected chi connectivity index (χ1v) is 9.54. The second-order valence-corrected chi connectivity index (χ2v) is 6.50. The normalized spacial score (nSPS) is 14.6. The SMILES string of the molecule is CCOc1ccc(NC(=O)NCCN2CCN(c3ccccc3)CC2)cc1. The fraction of sp³-hybridized carbons (Fsp3) is 0.381. The van der Waals surface area contributed by atoms with Crippen LogP contribution in [0.3, 0.4) is 0 Å². The van der Waals surface area contributed by atoms with Crippen LogP contribution in [-0.4, -0.2) is 56.8 Å². The van der Waals surface area contributed by atoms with Crippen molar-refractivity contribution in [2.75, 3.05) is 56.1 Å². The van der Waals surface area contributed by atoms with Gasteiger partial charge in [-0.2, -0.15) is 0 Å². The van der Waals surface area contributed by atoms with E-state index in [-0.39, 0.29) is 6.03 Å². The van der Waals surface area contributed by atoms with E-state index in [0.717, 1.165) is 44.2 Å². The molecule has 0 saturated carbocycles. The summed E-state index contributed by atoms with van der Waals surface area (Å²) in [6.07, 6.45) is 0. The maximum absolute atomic E-state index is 12.0. The molecular weight excluding hydrogens is 340 g/mol. The molecule has 2 N–H and O–H groups in total. The molecule has 6 heteroatoms. The summed E-state index contributed by atoms with van der Waals surface area (Å²) < 4.78 is 5.40. The number of piperazine rings is 1. The molecule has 2 aromatic rings. The lowest BCUT2D eigenvalue weighted by Crippen LogP contribution is -2.48. The van der Waals surface area contributed by atoms with Crippen LogP contribution in [0.5, 0.6) is 5.75 Å². The average molecular weight is 368 g/mol. The van der Waals surface area contributed by atoms with Gasteiger partial charge in [-0.3, -0.25) is 4.90 Å². The number of urea groups is 1. The molecule has 2 aromatic carbocycles. The smallest absolute Gasteiger partial charge is 0.319 e. The fourth-order valence-corrected chi connectivity index (χ4v) is 3.17. The van der Waals surface area contributed by atoms with Gasteiger partial charge >= 0.3 is 6.03 Å². The van der Waals surface area contributed by atoms with Crippen LogP contribution in [0.2, 0.25) is 0 Å². The number of nitrogens with one attached hydrogen (secondary N) is 2. The van der Waals surface area contributed by atoms with Crippen molar-refractivity contribution in [3.8, 4) is 5.75 Å². The van der Waals surface area contributed by atoms with E-state index in [9.17, 15) is 4.79 Å². The van der Waals surface area contributed by atoms with Crippen molar-refractivity contribution in [2.24, 2.45) is 0 Å². The van der Waals surface area contributed by atoms with Crippen LogP contribution in [-0.2, 0) is 0 Å². The molecular formula is C21H28N4O2. The van der Waals surface area contributed by atoms with Gasteiger partial charge in [-0.1, -0.05) is 18.2 Å². The third-order valence-electron chi connectivity index (χ3n) is 4.63. The van der Waals surface area contributed by atoms with Crippen LogP contribution < -0.4 is 20.3 Å². The molecule has 27 heavy (non-hydrogen) atoms. The Balaban J connectivity index is 1.33. The first-order valence-electron chi connectivity index (χ1n) is 9.54. The molecule has 2 amide bonds. The van der Waals surface area contributed by atoms with E-state index in [1.807, 2.05) is 37.3 Å². The van der Waals surface area contributed by atoms with Crippen molar-refractivity contribution in [1.82, 2.24) is 10.2 Å². The van der Waals surface area contributed by atoms with E-state index in [4.69, 9.17) is 4.74 Å². The van der Waals surface area contributed by atoms with Crippen LogP contribution in [0.25, 0.3) is 0 Å². The highest BCUT2D eigenvalue weighted by Crippen LogP contribution is 2.16. The fourth-order valence-electron chi connectivity index (χ4n) is 3.17. The first-order chi connectivity index (χ1) is 13.2. The van der Waals surface area contributed by atoms with E-state index < -0.39 is 0 Å². The highest BCUT2D eigenvalue weighted by molar-refractivity contribution is 5.89. The van der Waals surface area contributed by atoms with Gasteiger partial charge in [0.2, 0.25) is 0 Å². The molecule has 1 aliphatic rings. The summed E-state index contributed by atoms with van der Waals surface area (Å²) in [4.78, 5) is 16.8. The summed E-state index contributed by atoms with van der Waals surface area (Å²) in [6, 6.07) is 17.7. The Morgan fingerprint density at radius 1 is 1.00 bits per heavy atom. The molecule has 0 bridgehead atoms. The molecule has 0 aliphatic carbocycles. The maximum atomic E-state index is 12.0. The van der Waals surface area contributed by atoms with Crippen molar-refractivity contribution in [3.63, 3.8) is 0 Å². The van der Waals surface area contributed by atoms with Crippen molar-refractivity contribution in [3.05, 3.63) is 54.6 Å². The Kier molecular flexibility index (Phi) is 6.93. The Bertz CT molecular complexity index is 698. The molecule has 0 radical (unpaired) electrons. The van der Waals surface area contributed by atoms with Crippen LogP contribution in [0.1, 0.15) is 6.92 Å². The largest absolute Gasteiger partial charge is 0.494 e. The monoisotopic (exact) mass is 368 g/mol. The van der Waals surface area contributed by atoms with Crippen LogP contribution in [0.4, 0.5) is 16.2 Å². The molecule has 3 rings (SSSR count). The van der Waals surface area contributed by atoms with Crippen molar-refractivity contribution in [2.45, 2.75) is 6.92 Å². The summed E-state index contributed by atoms with van der Waals surface area (Å²) in [5.74, 6) is 0.804. The van der Waals surface area contributed by atoms with E-state index in [2.05, 4.69) is 44.7 Å². The molecule has 1 aliphatic heterocycles. The van der Waals surface area contributed by atoms with E-state index in [1.165, 1.54) is 5.69 Å². The predicted octanol–water partition coefficient (Wildman–Crippen LogP) is 3.03. The number of benzene rings is 2. The first kappa shape index (κ1) is 19.0. The van der Waals surface area contributed by atoms with E-state index in [1.54, 1.807) is 0 Å². The Morgan fingerprint density at radius 2 is 1.70 bits per heavy atom. The Hall–Kier alpha value is -2.73. The molecule has 0 spiro atoms. The standard InChI is InChI=1S/C21H28N4O2/c1-2-27-20-10-8-18(9-11-20)23-21(26)22-12-13-24-14-16-25(17-15-24)19-6-4-3-5-7-19/h3-11H,2,12-17H2,1H3,(H2,22,23,26). The number of anilines is 2. The minimum atomic E-state index is -0.179. The molecule has 1 heterocycles. The highest BCUT2D eigenvalue weighted by Gasteiger charge is 2.16. The number of carbonyl (C=O) groups is 1. The number of hydrogen-bond donors (Lipinski definition) is 2. The van der Waals surface area contributed by atoms with Gasteiger partial charge in [-0.25, -0.2) is 4.79 Å². The van der Waals surface area contributed by atoms with Gasteiger partial charge in [0.05, 0.1) is 6.61 Å². The van der Waals surface area contributed by atoms with E-state index >= 15 is 0 Å². The average Bonchev–Trinajstić information content (AvgIpc) is 2.71. The van der Waals surface area contributed by atoms with Crippen molar-refractivity contribution in [1.29, 1.82) is 0 Å². The molecule has 1 saturated heterocycles. The third-order valence-corrected chi connectivity index (χ3v) is 4.63. The maximum Gasteiger partial charge on any atom is 0.319 e. The Morgan fingerprint density at radius 3 is 2.37 bits per heavy atom. The van der Waals surface area contributed by atoms with Crippen LogP contribution >= 0.6 is 0 Å². The zero-order valence-corrected chi connectivity index (χ0v) is 15.9. The van der Waals surface area contributed by atoms with Gasteiger partial charge in [-0.05, 0) is 43.3 Å². The highest BCUT2D eigenvalue weighted by atomic mass is 16.5. The van der Waals surface area contributed by atoms with Crippen molar-refractivity contribution < 1.29 is 9.53 Å². The second-order valence-electron chi connectivity index (χ2n) is 6.50. The number of nitrogens with zero attached hydrogens (tertiary/aromatic N) is 2. The quantitative estimate of drug-likeness (QED) is 0.789. The van der Waals surface area contributed by atoms with Crippen LogP contribution in [0, 0.1) is 0 Å². The number of carbonyl (C=O) groups excluding carboxylic acids is 1. The minimum absolute atomic E-state index is 0.179. The zero-order valence-electron chi connectivity index (χ0n) is 15.9. The number of ether oxygens (including phenoxy) is 1. The number of amides is 2. The predicted molar refractivity (Wildman–Crippen MR) is 110 cm³/mol. The summed E-state index contributed by atoms with van der Waals surface area (Å²) >= 11 is 0. The molecule has 0 unspecified atom stereocenters. The lowest BCUT2D eigenvalue weighted by Gasteiger charge is -2.36. The molecule has 0 atom stereocenters. The van der Waals surface area contributed by atoms with Crippen LogP contribution in [0.15, 0.2) is 54.6 Å². The number of para-hydroxylation sites is 1. The summed E-state index contributed by atoms with van der Waals surface area (Å²) in [6.45, 7) is 8.13. The topological polar surface area (TPSA) is 56.8 Å². The number of rotatable bonds is 7. The summed E-state index contributed by atoms with van der Waals surface area (Å²) in [7, 11) is 0. The summed E-state index contributed by atoms with van der Waals surface area (Å²) in [5.41, 5.74) is 2.04. The van der Waals surface area contributed by atoms with Gasteiger partial charge in [0.25, 0.3) is 0 Å². The van der Waals surface area contributed by atoms with Gasteiger partial charge in [0, 0.05) is 50.6 Å². The lowest BCUT2D eigenvalue weighted by atomic mass is 10.2. The number of hydrogen-bond acceptors (Lipinski definition) is 4. The van der Waals surface area contributed by atoms with Gasteiger partial charge in [0.15, 0.2) is 0 Å². The minimum Gasteiger partial charge on any atom is -0.494 e. The molecule has 144 valence electrons. The summed E-state index contributed by atoms with van der Waals surface area (Å²) in [5, 5.41) is 5.77. The van der Waals surface area contributed by atoms with E-state index in [0.29, 0.717) is 13.2 Å². The Labute approximate surface area is 161 Å².